The highest BCUT2D eigenvalue weighted by molar-refractivity contribution is 8.03. The minimum atomic E-state index is -0.459. The molecule has 30 heavy (non-hydrogen) atoms. The van der Waals surface area contributed by atoms with Crippen molar-refractivity contribution in [3.63, 3.8) is 0 Å². The Morgan fingerprint density at radius 1 is 1.20 bits per heavy atom. The van der Waals surface area contributed by atoms with Crippen molar-refractivity contribution in [2.24, 2.45) is 0 Å². The number of ether oxygens (including phenoxy) is 1. The number of methoxy groups -OCH3 is 1. The van der Waals surface area contributed by atoms with Crippen molar-refractivity contribution in [3.8, 4) is 6.07 Å². The van der Waals surface area contributed by atoms with Crippen LogP contribution in [0, 0.1) is 11.3 Å². The van der Waals surface area contributed by atoms with Crippen molar-refractivity contribution in [1.29, 1.82) is 5.26 Å². The topological polar surface area (TPSA) is 108 Å². The van der Waals surface area contributed by atoms with Crippen LogP contribution in [0.25, 0.3) is 0 Å². The number of hydrogen-bond acceptors (Lipinski definition) is 6. The van der Waals surface area contributed by atoms with E-state index in [4.69, 9.17) is 0 Å². The summed E-state index contributed by atoms with van der Waals surface area (Å²) in [5.74, 6) is -1.34. The minimum Gasteiger partial charge on any atom is -0.465 e. The number of carbonyl (C=O) groups excluding carboxylic acids is 3. The lowest BCUT2D eigenvalue weighted by molar-refractivity contribution is -0.121. The van der Waals surface area contributed by atoms with E-state index in [-0.39, 0.29) is 24.0 Å². The molecular weight excluding hydrogens is 402 g/mol. The molecule has 0 spiro atoms. The number of benzene rings is 2. The van der Waals surface area contributed by atoms with Gasteiger partial charge < -0.3 is 15.4 Å². The first-order valence-corrected chi connectivity index (χ1v) is 10.1. The van der Waals surface area contributed by atoms with Gasteiger partial charge in [-0.15, -0.1) is 0 Å². The van der Waals surface area contributed by atoms with E-state index in [0.717, 1.165) is 17.3 Å². The number of rotatable bonds is 6. The first kappa shape index (κ1) is 21.1. The Labute approximate surface area is 178 Å². The molecule has 0 unspecified atom stereocenters. The molecule has 0 aliphatic carbocycles. The highest BCUT2D eigenvalue weighted by Gasteiger charge is 2.30. The predicted molar refractivity (Wildman–Crippen MR) is 113 cm³/mol. The molecule has 1 aliphatic heterocycles. The van der Waals surface area contributed by atoms with Gasteiger partial charge >= 0.3 is 5.97 Å². The van der Waals surface area contributed by atoms with Crippen LogP contribution in [0.15, 0.2) is 65.2 Å². The maximum absolute atomic E-state index is 12.2. The Balaban J connectivity index is 1.76. The lowest BCUT2D eigenvalue weighted by atomic mass is 9.87. The third kappa shape index (κ3) is 5.07. The van der Waals surface area contributed by atoms with Crippen LogP contribution in [0.1, 0.15) is 28.3 Å². The van der Waals surface area contributed by atoms with Crippen LogP contribution in [0.5, 0.6) is 0 Å². The number of hydrogen-bond donors (Lipinski definition) is 2. The lowest BCUT2D eigenvalue weighted by Crippen LogP contribution is -2.31. The number of carbonyl (C=O) groups is 3. The first-order chi connectivity index (χ1) is 14.5. The fraction of sp³-hybridized carbons (Fsp3) is 0.182. The van der Waals surface area contributed by atoms with Crippen molar-refractivity contribution in [2.75, 3.05) is 18.2 Å². The molecule has 0 saturated carbocycles. The zero-order valence-corrected chi connectivity index (χ0v) is 17.0. The Morgan fingerprint density at radius 2 is 1.90 bits per heavy atom. The third-order valence-electron chi connectivity index (χ3n) is 4.50. The first-order valence-electron chi connectivity index (χ1n) is 9.12. The van der Waals surface area contributed by atoms with E-state index in [1.165, 1.54) is 7.11 Å². The Morgan fingerprint density at radius 3 is 2.53 bits per heavy atom. The molecule has 7 nitrogen and oxygen atoms in total. The van der Waals surface area contributed by atoms with Gasteiger partial charge in [0, 0.05) is 18.0 Å². The summed E-state index contributed by atoms with van der Waals surface area (Å²) < 4.78 is 4.69. The van der Waals surface area contributed by atoms with Crippen molar-refractivity contribution >= 4 is 35.2 Å². The molecule has 1 heterocycles. The lowest BCUT2D eigenvalue weighted by Gasteiger charge is -2.25. The van der Waals surface area contributed by atoms with Gasteiger partial charge in [0.1, 0.15) is 0 Å². The quantitative estimate of drug-likeness (QED) is 0.694. The number of para-hydroxylation sites is 1. The van der Waals surface area contributed by atoms with E-state index in [1.54, 1.807) is 36.4 Å². The van der Waals surface area contributed by atoms with E-state index < -0.39 is 11.9 Å². The predicted octanol–water partition coefficient (Wildman–Crippen LogP) is 3.18. The number of anilines is 1. The molecule has 0 saturated heterocycles. The monoisotopic (exact) mass is 421 g/mol. The van der Waals surface area contributed by atoms with Gasteiger partial charge in [0.2, 0.25) is 11.8 Å². The van der Waals surface area contributed by atoms with Crippen molar-refractivity contribution in [2.45, 2.75) is 12.3 Å². The molecule has 0 fully saturated rings. The highest BCUT2D eigenvalue weighted by atomic mass is 32.2. The molecule has 1 aliphatic rings. The number of amides is 2. The van der Waals surface area contributed by atoms with E-state index in [2.05, 4.69) is 21.4 Å². The smallest absolute Gasteiger partial charge is 0.337 e. The number of thioether (sulfide) groups is 1. The van der Waals surface area contributed by atoms with Crippen molar-refractivity contribution in [1.82, 2.24) is 5.32 Å². The summed E-state index contributed by atoms with van der Waals surface area (Å²) in [7, 11) is 1.30. The summed E-state index contributed by atoms with van der Waals surface area (Å²) in [6, 6.07) is 17.8. The fourth-order valence-electron chi connectivity index (χ4n) is 3.04. The van der Waals surface area contributed by atoms with Crippen LogP contribution in [-0.2, 0) is 14.3 Å². The summed E-state index contributed by atoms with van der Waals surface area (Å²) in [6.45, 7) is 0. The fourth-order valence-corrected chi connectivity index (χ4v) is 3.92. The van der Waals surface area contributed by atoms with Gasteiger partial charge in [0.15, 0.2) is 0 Å². The summed E-state index contributed by atoms with van der Waals surface area (Å²) >= 11 is 1.11. The normalized spacial score (nSPS) is 15.7. The number of nitrogens with one attached hydrogen (secondary N) is 2. The second-order valence-corrected chi connectivity index (χ2v) is 7.46. The van der Waals surface area contributed by atoms with Gasteiger partial charge in [-0.2, -0.15) is 5.26 Å². The summed E-state index contributed by atoms with van der Waals surface area (Å²) in [5.41, 5.74) is 2.18. The van der Waals surface area contributed by atoms with Gasteiger partial charge in [0.25, 0.3) is 0 Å². The molecule has 0 bridgehead atoms. The molecular formula is C22H19N3O4S. The second-order valence-electron chi connectivity index (χ2n) is 6.48. The second kappa shape index (κ2) is 9.76. The average molecular weight is 421 g/mol. The zero-order valence-electron chi connectivity index (χ0n) is 16.2. The van der Waals surface area contributed by atoms with Crippen LogP contribution in [0.3, 0.4) is 0 Å². The van der Waals surface area contributed by atoms with E-state index in [9.17, 15) is 19.6 Å². The standard InChI is InChI=1S/C22H19N3O4S/c1-29-22(28)15-9-7-14(8-10-15)17-11-19(26)25-21(18(17)12-23)30-13-20(27)24-16-5-3-2-4-6-16/h2-10,17H,11,13H2,1H3,(H,24,27)(H,25,26)/t17-/m1/s1. The maximum Gasteiger partial charge on any atom is 0.337 e. The Hall–Kier alpha value is -3.57. The molecule has 2 aromatic rings. The molecule has 8 heteroatoms. The number of nitrogens with zero attached hydrogens (tertiary/aromatic N) is 1. The van der Waals surface area contributed by atoms with Gasteiger partial charge in [-0.05, 0) is 29.8 Å². The molecule has 2 amide bonds. The van der Waals surface area contributed by atoms with Crippen LogP contribution in [0.2, 0.25) is 0 Å². The molecule has 2 aromatic carbocycles. The van der Waals surface area contributed by atoms with Crippen LogP contribution in [-0.4, -0.2) is 30.6 Å². The summed E-state index contributed by atoms with van der Waals surface area (Å²) in [5, 5.41) is 15.6. The van der Waals surface area contributed by atoms with Gasteiger partial charge in [-0.1, -0.05) is 42.1 Å². The maximum atomic E-state index is 12.2. The summed E-state index contributed by atoms with van der Waals surface area (Å²) in [6.07, 6.45) is 0.112. The van der Waals surface area contributed by atoms with Gasteiger partial charge in [0.05, 0.1) is 35.1 Å². The van der Waals surface area contributed by atoms with Crippen molar-refractivity contribution < 1.29 is 19.1 Å². The van der Waals surface area contributed by atoms with E-state index in [1.807, 2.05) is 18.2 Å². The van der Waals surface area contributed by atoms with Crippen molar-refractivity contribution in [3.05, 3.63) is 76.3 Å². The van der Waals surface area contributed by atoms with Crippen LogP contribution < -0.4 is 10.6 Å². The van der Waals surface area contributed by atoms with Crippen LogP contribution >= 0.6 is 11.8 Å². The number of nitriles is 1. The molecule has 0 radical (unpaired) electrons. The number of allylic oxidation sites excluding steroid dienone is 1. The molecule has 152 valence electrons. The summed E-state index contributed by atoms with van der Waals surface area (Å²) in [4.78, 5) is 36.1. The van der Waals surface area contributed by atoms with E-state index in [0.29, 0.717) is 21.9 Å². The van der Waals surface area contributed by atoms with Crippen LogP contribution in [0.4, 0.5) is 5.69 Å². The van der Waals surface area contributed by atoms with E-state index >= 15 is 0 Å². The molecule has 1 atom stereocenters. The molecule has 3 rings (SSSR count). The molecule has 0 aromatic heterocycles. The Kier molecular flexibility index (Phi) is 6.88. The minimum absolute atomic E-state index is 0.0453. The highest BCUT2D eigenvalue weighted by Crippen LogP contribution is 2.36. The largest absolute Gasteiger partial charge is 0.465 e. The molecule has 2 N–H and O–H groups in total. The Bertz CT molecular complexity index is 1030. The third-order valence-corrected chi connectivity index (χ3v) is 5.51. The number of esters is 1. The zero-order chi connectivity index (χ0) is 21.5. The van der Waals surface area contributed by atoms with Gasteiger partial charge in [-0.25, -0.2) is 4.79 Å². The average Bonchev–Trinajstić information content (AvgIpc) is 2.77. The van der Waals surface area contributed by atoms with Gasteiger partial charge in [-0.3, -0.25) is 9.59 Å². The SMILES string of the molecule is COC(=O)c1ccc([C@H]2CC(=O)NC(SCC(=O)Nc3ccccc3)=C2C#N)cc1.